The van der Waals surface area contributed by atoms with E-state index >= 15 is 0 Å². The zero-order valence-electron chi connectivity index (χ0n) is 12.4. The number of nitrogens with one attached hydrogen (secondary N) is 1. The van der Waals surface area contributed by atoms with Gasteiger partial charge in [0.05, 0.1) is 6.61 Å². The number of hydrogen-bond donors (Lipinski definition) is 2. The highest BCUT2D eigenvalue weighted by Gasteiger charge is 2.22. The normalized spacial score (nSPS) is 12.6. The summed E-state index contributed by atoms with van der Waals surface area (Å²) < 4.78 is 4.68. The Bertz CT molecular complexity index is 282. The molecule has 0 aromatic rings. The molecule has 0 aliphatic heterocycles. The van der Waals surface area contributed by atoms with Gasteiger partial charge in [-0.15, -0.1) is 0 Å². The number of ether oxygens (including phenoxy) is 1. The molecule has 0 fully saturated rings. The largest absolute Gasteiger partial charge is 0.464 e. The first-order chi connectivity index (χ1) is 8.90. The van der Waals surface area contributed by atoms with Crippen LogP contribution in [0.3, 0.4) is 0 Å². The SMILES string of the molecule is CCOC(=O)C(N)C(=O)NCCCCN(C)C(C)C. The molecular weight excluding hydrogens is 246 g/mol. The molecule has 0 saturated carbocycles. The van der Waals surface area contributed by atoms with Crippen LogP contribution in [-0.2, 0) is 14.3 Å². The lowest BCUT2D eigenvalue weighted by molar-refractivity contribution is -0.147. The van der Waals surface area contributed by atoms with Gasteiger partial charge in [0.25, 0.3) is 0 Å². The summed E-state index contributed by atoms with van der Waals surface area (Å²) in [6.07, 6.45) is 1.85. The van der Waals surface area contributed by atoms with Crippen molar-refractivity contribution in [1.29, 1.82) is 0 Å². The molecule has 1 amide bonds. The summed E-state index contributed by atoms with van der Waals surface area (Å²) >= 11 is 0. The Balaban J connectivity index is 3.72. The van der Waals surface area contributed by atoms with Crippen LogP contribution in [0.4, 0.5) is 0 Å². The molecule has 0 saturated heterocycles. The molecule has 6 nitrogen and oxygen atoms in total. The van der Waals surface area contributed by atoms with E-state index in [4.69, 9.17) is 5.73 Å². The first-order valence-corrected chi connectivity index (χ1v) is 6.80. The van der Waals surface area contributed by atoms with Crippen LogP contribution in [0.2, 0.25) is 0 Å². The van der Waals surface area contributed by atoms with Crippen LogP contribution in [0.1, 0.15) is 33.6 Å². The molecule has 112 valence electrons. The zero-order valence-corrected chi connectivity index (χ0v) is 12.4. The molecule has 0 aromatic heterocycles. The number of hydrogen-bond acceptors (Lipinski definition) is 5. The van der Waals surface area contributed by atoms with Gasteiger partial charge in [0, 0.05) is 12.6 Å². The third-order valence-corrected chi connectivity index (χ3v) is 2.94. The van der Waals surface area contributed by atoms with Gasteiger partial charge in [-0.2, -0.15) is 0 Å². The lowest BCUT2D eigenvalue weighted by Gasteiger charge is -2.20. The lowest BCUT2D eigenvalue weighted by atomic mass is 10.2. The van der Waals surface area contributed by atoms with E-state index in [-0.39, 0.29) is 6.61 Å². The van der Waals surface area contributed by atoms with Crippen LogP contribution in [0.15, 0.2) is 0 Å². The van der Waals surface area contributed by atoms with Gasteiger partial charge in [-0.25, -0.2) is 4.79 Å². The number of esters is 1. The zero-order chi connectivity index (χ0) is 14.8. The predicted molar refractivity (Wildman–Crippen MR) is 74.6 cm³/mol. The topological polar surface area (TPSA) is 84.7 Å². The minimum atomic E-state index is -1.22. The van der Waals surface area contributed by atoms with Crippen molar-refractivity contribution in [3.8, 4) is 0 Å². The average molecular weight is 273 g/mol. The van der Waals surface area contributed by atoms with Gasteiger partial charge >= 0.3 is 5.97 Å². The second kappa shape index (κ2) is 9.75. The maximum absolute atomic E-state index is 11.5. The Morgan fingerprint density at radius 2 is 1.95 bits per heavy atom. The summed E-state index contributed by atoms with van der Waals surface area (Å²) in [6, 6.07) is -0.704. The molecule has 0 bridgehead atoms. The van der Waals surface area contributed by atoms with Crippen molar-refractivity contribution in [3.05, 3.63) is 0 Å². The highest BCUT2D eigenvalue weighted by atomic mass is 16.5. The molecule has 1 unspecified atom stereocenters. The third kappa shape index (κ3) is 7.79. The molecule has 0 radical (unpaired) electrons. The molecule has 3 N–H and O–H groups in total. The van der Waals surface area contributed by atoms with Crippen molar-refractivity contribution >= 4 is 11.9 Å². The number of amides is 1. The van der Waals surface area contributed by atoms with Gasteiger partial charge in [0.2, 0.25) is 5.91 Å². The first-order valence-electron chi connectivity index (χ1n) is 6.80. The van der Waals surface area contributed by atoms with E-state index in [0.717, 1.165) is 19.4 Å². The molecule has 1 atom stereocenters. The summed E-state index contributed by atoms with van der Waals surface area (Å²) in [5.74, 6) is -1.16. The highest BCUT2D eigenvalue weighted by Crippen LogP contribution is 1.97. The number of rotatable bonds is 9. The molecule has 0 heterocycles. The Hall–Kier alpha value is -1.14. The van der Waals surface area contributed by atoms with E-state index in [0.29, 0.717) is 12.6 Å². The van der Waals surface area contributed by atoms with Crippen LogP contribution in [0.25, 0.3) is 0 Å². The van der Waals surface area contributed by atoms with Gasteiger partial charge in [-0.1, -0.05) is 0 Å². The molecule has 0 spiro atoms. The van der Waals surface area contributed by atoms with Crippen LogP contribution >= 0.6 is 0 Å². The molecular formula is C13H27N3O3. The fourth-order valence-corrected chi connectivity index (χ4v) is 1.41. The Kier molecular flexibility index (Phi) is 9.16. The maximum Gasteiger partial charge on any atom is 0.332 e. The van der Waals surface area contributed by atoms with Crippen molar-refractivity contribution in [2.75, 3.05) is 26.7 Å². The van der Waals surface area contributed by atoms with E-state index < -0.39 is 17.9 Å². The number of carbonyl (C=O) groups is 2. The van der Waals surface area contributed by atoms with E-state index in [1.54, 1.807) is 6.92 Å². The minimum absolute atomic E-state index is 0.224. The second-order valence-electron chi connectivity index (χ2n) is 4.80. The number of unbranched alkanes of at least 4 members (excludes halogenated alkanes) is 1. The van der Waals surface area contributed by atoms with E-state index in [9.17, 15) is 9.59 Å². The van der Waals surface area contributed by atoms with Gasteiger partial charge in [-0.3, -0.25) is 4.79 Å². The summed E-state index contributed by atoms with van der Waals surface area (Å²) in [5.41, 5.74) is 5.45. The van der Waals surface area contributed by atoms with Crippen molar-refractivity contribution in [2.45, 2.75) is 45.7 Å². The fourth-order valence-electron chi connectivity index (χ4n) is 1.41. The van der Waals surface area contributed by atoms with Crippen molar-refractivity contribution in [3.63, 3.8) is 0 Å². The van der Waals surface area contributed by atoms with Crippen LogP contribution in [-0.4, -0.2) is 55.6 Å². The number of carbonyl (C=O) groups excluding carboxylic acids is 2. The van der Waals surface area contributed by atoms with E-state index in [2.05, 4.69) is 35.8 Å². The van der Waals surface area contributed by atoms with E-state index in [1.807, 2.05) is 0 Å². The standard InChI is InChI=1S/C13H27N3O3/c1-5-19-13(18)11(14)12(17)15-8-6-7-9-16(4)10(2)3/h10-11H,5-9,14H2,1-4H3,(H,15,17). The summed E-state index contributed by atoms with van der Waals surface area (Å²) in [7, 11) is 2.07. The smallest absolute Gasteiger partial charge is 0.332 e. The summed E-state index contributed by atoms with van der Waals surface area (Å²) in [6.45, 7) is 7.69. The monoisotopic (exact) mass is 273 g/mol. The van der Waals surface area contributed by atoms with Crippen LogP contribution in [0.5, 0.6) is 0 Å². The predicted octanol–water partition coefficient (Wildman–Crippen LogP) is 0.113. The third-order valence-electron chi connectivity index (χ3n) is 2.94. The lowest BCUT2D eigenvalue weighted by Crippen LogP contribution is -2.47. The molecule has 6 heteroatoms. The Labute approximate surface area is 115 Å². The quantitative estimate of drug-likeness (QED) is 0.354. The Morgan fingerprint density at radius 3 is 2.47 bits per heavy atom. The van der Waals surface area contributed by atoms with Crippen molar-refractivity contribution in [2.24, 2.45) is 5.73 Å². The second-order valence-corrected chi connectivity index (χ2v) is 4.80. The molecule has 0 rings (SSSR count). The Morgan fingerprint density at radius 1 is 1.32 bits per heavy atom. The van der Waals surface area contributed by atoms with Gasteiger partial charge in [-0.05, 0) is 47.2 Å². The molecule has 0 aromatic carbocycles. The summed E-state index contributed by atoms with van der Waals surface area (Å²) in [5, 5.41) is 2.64. The molecule has 19 heavy (non-hydrogen) atoms. The van der Waals surface area contributed by atoms with Gasteiger partial charge in [0.15, 0.2) is 6.04 Å². The molecule has 0 aliphatic carbocycles. The highest BCUT2D eigenvalue weighted by molar-refractivity contribution is 6.01. The average Bonchev–Trinajstić information content (AvgIpc) is 2.36. The van der Waals surface area contributed by atoms with E-state index in [1.165, 1.54) is 0 Å². The molecule has 0 aliphatic rings. The van der Waals surface area contributed by atoms with Crippen molar-refractivity contribution in [1.82, 2.24) is 10.2 Å². The van der Waals surface area contributed by atoms with Crippen LogP contribution < -0.4 is 11.1 Å². The van der Waals surface area contributed by atoms with Gasteiger partial charge in [0.1, 0.15) is 0 Å². The fraction of sp³-hybridized carbons (Fsp3) is 0.846. The minimum Gasteiger partial charge on any atom is -0.464 e. The summed E-state index contributed by atoms with van der Waals surface area (Å²) in [4.78, 5) is 25.0. The maximum atomic E-state index is 11.5. The van der Waals surface area contributed by atoms with Gasteiger partial charge < -0.3 is 20.7 Å². The number of nitrogens with zero attached hydrogens (tertiary/aromatic N) is 1. The number of nitrogens with two attached hydrogens (primary N) is 1. The van der Waals surface area contributed by atoms with Crippen LogP contribution in [0, 0.1) is 0 Å². The first kappa shape index (κ1) is 17.9. The van der Waals surface area contributed by atoms with Crippen molar-refractivity contribution < 1.29 is 14.3 Å².